The normalized spacial score (nSPS) is 16.7. The van der Waals surface area contributed by atoms with Crippen molar-refractivity contribution in [3.05, 3.63) is 50.1 Å². The molecule has 0 saturated carbocycles. The van der Waals surface area contributed by atoms with E-state index in [-0.39, 0.29) is 18.6 Å². The number of halogens is 2. The van der Waals surface area contributed by atoms with Gasteiger partial charge >= 0.3 is 0 Å². The first kappa shape index (κ1) is 19.5. The van der Waals surface area contributed by atoms with E-state index in [1.54, 1.807) is 29.5 Å². The Morgan fingerprint density at radius 1 is 1.38 bits per heavy atom. The molecule has 2 heterocycles. The van der Waals surface area contributed by atoms with E-state index in [4.69, 9.17) is 32.7 Å². The van der Waals surface area contributed by atoms with E-state index < -0.39 is 0 Å². The quantitative estimate of drug-likeness (QED) is 0.644. The van der Waals surface area contributed by atoms with E-state index in [2.05, 4.69) is 13.0 Å². The Morgan fingerprint density at radius 3 is 2.88 bits per heavy atom. The van der Waals surface area contributed by atoms with Crippen molar-refractivity contribution in [1.29, 1.82) is 0 Å². The van der Waals surface area contributed by atoms with Gasteiger partial charge in [-0.05, 0) is 55.0 Å². The van der Waals surface area contributed by atoms with Crippen LogP contribution >= 0.6 is 34.5 Å². The highest BCUT2D eigenvalue weighted by atomic mass is 35.5. The minimum Gasteiger partial charge on any atom is -0.482 e. The standard InChI is InChI=1S/C19H21Cl2NO3S/c1-13-6-8-26-18(13)11-22(10-15-3-2-7-24-15)19(23)12-25-17-5-4-14(20)9-16(17)21/h4-6,8-9,15H,2-3,7,10-12H2,1H3. The van der Waals surface area contributed by atoms with Crippen LogP contribution < -0.4 is 4.74 Å². The molecule has 4 nitrogen and oxygen atoms in total. The highest BCUT2D eigenvalue weighted by molar-refractivity contribution is 7.10. The molecule has 0 N–H and O–H groups in total. The Labute approximate surface area is 167 Å². The third kappa shape index (κ3) is 5.13. The number of nitrogens with zero attached hydrogens (tertiary/aromatic N) is 1. The first-order chi connectivity index (χ1) is 12.5. The van der Waals surface area contributed by atoms with Crippen LogP contribution in [-0.2, 0) is 16.1 Å². The zero-order valence-corrected chi connectivity index (χ0v) is 16.9. The van der Waals surface area contributed by atoms with Crippen LogP contribution in [0.3, 0.4) is 0 Å². The van der Waals surface area contributed by atoms with E-state index in [1.165, 1.54) is 10.4 Å². The first-order valence-electron chi connectivity index (χ1n) is 8.53. The molecule has 0 spiro atoms. The predicted octanol–water partition coefficient (Wildman–Crippen LogP) is 4.95. The molecule has 1 aromatic carbocycles. The van der Waals surface area contributed by atoms with Gasteiger partial charge in [-0.3, -0.25) is 4.79 Å². The summed E-state index contributed by atoms with van der Waals surface area (Å²) in [6.45, 7) is 3.90. The van der Waals surface area contributed by atoms with Crippen molar-refractivity contribution in [2.24, 2.45) is 0 Å². The maximum atomic E-state index is 12.8. The average Bonchev–Trinajstić information content (AvgIpc) is 3.25. The molecule has 1 fully saturated rings. The zero-order chi connectivity index (χ0) is 18.5. The molecular weight excluding hydrogens is 393 g/mol. The monoisotopic (exact) mass is 413 g/mol. The fourth-order valence-electron chi connectivity index (χ4n) is 2.85. The van der Waals surface area contributed by atoms with Gasteiger partial charge < -0.3 is 14.4 Å². The van der Waals surface area contributed by atoms with Gasteiger partial charge in [0.2, 0.25) is 0 Å². The second kappa shape index (κ2) is 9.09. The van der Waals surface area contributed by atoms with Gasteiger partial charge in [-0.2, -0.15) is 0 Å². The smallest absolute Gasteiger partial charge is 0.260 e. The Hall–Kier alpha value is -1.27. The molecule has 0 aliphatic carbocycles. The molecule has 140 valence electrons. The molecular formula is C19H21Cl2NO3S. The highest BCUT2D eigenvalue weighted by Gasteiger charge is 2.24. The average molecular weight is 414 g/mol. The lowest BCUT2D eigenvalue weighted by atomic mass is 10.2. The fourth-order valence-corrected chi connectivity index (χ4v) is 4.23. The maximum Gasteiger partial charge on any atom is 0.260 e. The molecule has 0 bridgehead atoms. The SMILES string of the molecule is Cc1ccsc1CN(CC1CCCO1)C(=O)COc1ccc(Cl)cc1Cl. The first-order valence-corrected chi connectivity index (χ1v) is 10.2. The molecule has 1 saturated heterocycles. The van der Waals surface area contributed by atoms with Gasteiger partial charge in [0.05, 0.1) is 17.7 Å². The third-order valence-corrected chi connectivity index (χ3v) is 5.89. The molecule has 7 heteroatoms. The lowest BCUT2D eigenvalue weighted by molar-refractivity contribution is -0.135. The van der Waals surface area contributed by atoms with Crippen molar-refractivity contribution in [1.82, 2.24) is 4.90 Å². The summed E-state index contributed by atoms with van der Waals surface area (Å²) in [6, 6.07) is 7.03. The number of rotatable bonds is 7. The Balaban J connectivity index is 1.65. The number of hydrogen-bond acceptors (Lipinski definition) is 4. The van der Waals surface area contributed by atoms with E-state index >= 15 is 0 Å². The number of amides is 1. The lowest BCUT2D eigenvalue weighted by Gasteiger charge is -2.25. The Bertz CT molecular complexity index is 759. The fraction of sp³-hybridized carbons (Fsp3) is 0.421. The van der Waals surface area contributed by atoms with Crippen LogP contribution in [0, 0.1) is 6.92 Å². The van der Waals surface area contributed by atoms with Crippen molar-refractivity contribution >= 4 is 40.4 Å². The van der Waals surface area contributed by atoms with Crippen LogP contribution in [0.1, 0.15) is 23.3 Å². The van der Waals surface area contributed by atoms with Gasteiger partial charge in [0.25, 0.3) is 5.91 Å². The topological polar surface area (TPSA) is 38.8 Å². The summed E-state index contributed by atoms with van der Waals surface area (Å²) in [4.78, 5) is 15.8. The second-order valence-corrected chi connectivity index (χ2v) is 8.14. The van der Waals surface area contributed by atoms with Gasteiger partial charge in [-0.25, -0.2) is 0 Å². The van der Waals surface area contributed by atoms with Crippen molar-refractivity contribution in [2.75, 3.05) is 19.8 Å². The molecule has 2 aromatic rings. The summed E-state index contributed by atoms with van der Waals surface area (Å²) in [5, 5.41) is 2.97. The van der Waals surface area contributed by atoms with Crippen LogP contribution in [0.15, 0.2) is 29.6 Å². The predicted molar refractivity (Wildman–Crippen MR) is 105 cm³/mol. The summed E-state index contributed by atoms with van der Waals surface area (Å²) < 4.78 is 11.3. The van der Waals surface area contributed by atoms with Gasteiger partial charge in [-0.1, -0.05) is 23.2 Å². The molecule has 1 aromatic heterocycles. The van der Waals surface area contributed by atoms with Gasteiger partial charge in [-0.15, -0.1) is 11.3 Å². The number of ether oxygens (including phenoxy) is 2. The zero-order valence-electron chi connectivity index (χ0n) is 14.5. The number of hydrogen-bond donors (Lipinski definition) is 0. The minimum absolute atomic E-state index is 0.0709. The summed E-state index contributed by atoms with van der Waals surface area (Å²) in [5.41, 5.74) is 1.20. The molecule has 1 atom stereocenters. The maximum absolute atomic E-state index is 12.8. The third-order valence-electron chi connectivity index (χ3n) is 4.35. The molecule has 3 rings (SSSR count). The number of carbonyl (C=O) groups is 1. The largest absolute Gasteiger partial charge is 0.482 e. The van der Waals surface area contributed by atoms with Crippen LogP contribution in [0.2, 0.25) is 10.0 Å². The number of aryl methyl sites for hydroxylation is 1. The molecule has 0 radical (unpaired) electrons. The van der Waals surface area contributed by atoms with Crippen molar-refractivity contribution in [3.63, 3.8) is 0 Å². The number of carbonyl (C=O) groups excluding carboxylic acids is 1. The van der Waals surface area contributed by atoms with Gasteiger partial charge in [0.1, 0.15) is 5.75 Å². The molecule has 1 unspecified atom stereocenters. The summed E-state index contributed by atoms with van der Waals surface area (Å²) in [6.07, 6.45) is 2.12. The van der Waals surface area contributed by atoms with Crippen LogP contribution in [0.25, 0.3) is 0 Å². The number of benzene rings is 1. The summed E-state index contributed by atoms with van der Waals surface area (Å²) >= 11 is 13.7. The van der Waals surface area contributed by atoms with E-state index in [1.807, 2.05) is 10.3 Å². The van der Waals surface area contributed by atoms with E-state index in [9.17, 15) is 4.79 Å². The second-order valence-electron chi connectivity index (χ2n) is 6.30. The van der Waals surface area contributed by atoms with Crippen molar-refractivity contribution in [3.8, 4) is 5.75 Å². The highest BCUT2D eigenvalue weighted by Crippen LogP contribution is 2.27. The summed E-state index contributed by atoms with van der Waals surface area (Å²) in [7, 11) is 0. The van der Waals surface area contributed by atoms with Crippen LogP contribution in [0.4, 0.5) is 0 Å². The minimum atomic E-state index is -0.0840. The van der Waals surface area contributed by atoms with Gasteiger partial charge in [0.15, 0.2) is 6.61 Å². The molecule has 26 heavy (non-hydrogen) atoms. The van der Waals surface area contributed by atoms with Gasteiger partial charge in [0, 0.05) is 23.1 Å². The van der Waals surface area contributed by atoms with Crippen molar-refractivity contribution in [2.45, 2.75) is 32.4 Å². The number of thiophene rings is 1. The van der Waals surface area contributed by atoms with E-state index in [0.29, 0.717) is 28.9 Å². The Kier molecular flexibility index (Phi) is 6.81. The van der Waals surface area contributed by atoms with E-state index in [0.717, 1.165) is 19.4 Å². The summed E-state index contributed by atoms with van der Waals surface area (Å²) in [5.74, 6) is 0.369. The molecule has 1 aliphatic rings. The molecule has 1 aliphatic heterocycles. The Morgan fingerprint density at radius 2 is 2.23 bits per heavy atom. The molecule has 1 amide bonds. The van der Waals surface area contributed by atoms with Crippen LogP contribution in [0.5, 0.6) is 5.75 Å². The van der Waals surface area contributed by atoms with Crippen molar-refractivity contribution < 1.29 is 14.3 Å². The van der Waals surface area contributed by atoms with Crippen LogP contribution in [-0.4, -0.2) is 36.7 Å². The lowest BCUT2D eigenvalue weighted by Crippen LogP contribution is -2.39.